The molecule has 7 aromatic rings. The lowest BCUT2D eigenvalue weighted by molar-refractivity contribution is -0.119. The SMILES string of the molecule is Cc1cccc(C)c1-c1cccc(-c2c(C)cccc2C)c1P1C(c2ccc(-c3ccccc3)cc2)CC(=O)CC1c1ccc(-c2ccccc2)cc1. The highest BCUT2D eigenvalue weighted by Crippen LogP contribution is 2.68. The lowest BCUT2D eigenvalue weighted by Gasteiger charge is -2.41. The molecule has 1 nitrogen and oxygen atoms in total. The van der Waals surface area contributed by atoms with E-state index in [9.17, 15) is 4.79 Å². The summed E-state index contributed by atoms with van der Waals surface area (Å²) in [6, 6.07) is 59.7. The van der Waals surface area contributed by atoms with Crippen molar-refractivity contribution in [1.82, 2.24) is 0 Å². The van der Waals surface area contributed by atoms with Crippen molar-refractivity contribution in [2.75, 3.05) is 0 Å². The Morgan fingerprint density at radius 2 is 0.736 bits per heavy atom. The first-order valence-electron chi connectivity index (χ1n) is 18.7. The van der Waals surface area contributed by atoms with Crippen molar-refractivity contribution in [1.29, 1.82) is 0 Å². The highest BCUT2D eigenvalue weighted by atomic mass is 31.1. The Bertz CT molecular complexity index is 2190. The second-order valence-corrected chi connectivity index (χ2v) is 17.1. The molecule has 1 fully saturated rings. The van der Waals surface area contributed by atoms with Crippen molar-refractivity contribution in [3.63, 3.8) is 0 Å². The smallest absolute Gasteiger partial charge is 0.134 e. The zero-order valence-corrected chi connectivity index (χ0v) is 31.9. The Morgan fingerprint density at radius 3 is 1.11 bits per heavy atom. The minimum atomic E-state index is -0.960. The normalized spacial score (nSPS) is 17.1. The number of carbonyl (C=O) groups is 1. The molecule has 53 heavy (non-hydrogen) atoms. The highest BCUT2D eigenvalue weighted by Gasteiger charge is 2.42. The van der Waals surface area contributed by atoms with Crippen LogP contribution in [0, 0.1) is 27.7 Å². The maximum Gasteiger partial charge on any atom is 0.134 e. The minimum Gasteiger partial charge on any atom is -0.300 e. The summed E-state index contributed by atoms with van der Waals surface area (Å²) in [6.07, 6.45) is 1.09. The average Bonchev–Trinajstić information content (AvgIpc) is 3.18. The summed E-state index contributed by atoms with van der Waals surface area (Å²) in [5.74, 6) is 0.344. The van der Waals surface area contributed by atoms with Gasteiger partial charge in [0.05, 0.1) is 0 Å². The number of hydrogen-bond acceptors (Lipinski definition) is 1. The number of Topliss-reactive ketones (excluding diaryl/α,β-unsaturated/α-hetero) is 1. The number of aryl methyl sites for hydroxylation is 4. The van der Waals surface area contributed by atoms with Crippen molar-refractivity contribution < 1.29 is 4.79 Å². The van der Waals surface area contributed by atoms with Crippen LogP contribution in [0.3, 0.4) is 0 Å². The number of carbonyl (C=O) groups excluding carboxylic acids is 1. The zero-order valence-electron chi connectivity index (χ0n) is 31.0. The molecule has 0 aromatic heterocycles. The fourth-order valence-corrected chi connectivity index (χ4v) is 12.3. The maximum absolute atomic E-state index is 14.1. The molecule has 0 N–H and O–H groups in total. The van der Waals surface area contributed by atoms with E-state index in [1.807, 2.05) is 0 Å². The molecule has 0 bridgehead atoms. The van der Waals surface area contributed by atoms with Crippen LogP contribution < -0.4 is 5.30 Å². The van der Waals surface area contributed by atoms with Gasteiger partial charge in [-0.1, -0.05) is 172 Å². The molecule has 0 saturated carbocycles. The van der Waals surface area contributed by atoms with E-state index in [2.05, 4.69) is 191 Å². The fourth-order valence-electron chi connectivity index (χ4n) is 8.56. The average molecular weight is 705 g/mol. The lowest BCUT2D eigenvalue weighted by Crippen LogP contribution is -2.26. The van der Waals surface area contributed by atoms with Gasteiger partial charge in [-0.15, -0.1) is 0 Å². The van der Waals surface area contributed by atoms with Gasteiger partial charge in [0, 0.05) is 24.2 Å². The van der Waals surface area contributed by atoms with Crippen molar-refractivity contribution >= 4 is 19.0 Å². The third-order valence-electron chi connectivity index (χ3n) is 11.1. The van der Waals surface area contributed by atoms with Gasteiger partial charge in [0.1, 0.15) is 5.78 Å². The van der Waals surface area contributed by atoms with Crippen molar-refractivity contribution in [3.05, 3.63) is 197 Å². The van der Waals surface area contributed by atoms with Gasteiger partial charge in [-0.25, -0.2) is 0 Å². The number of benzene rings is 7. The summed E-state index contributed by atoms with van der Waals surface area (Å²) in [5.41, 5.74) is 17.8. The predicted molar refractivity (Wildman–Crippen MR) is 226 cm³/mol. The molecule has 1 heterocycles. The molecule has 0 radical (unpaired) electrons. The van der Waals surface area contributed by atoms with Crippen molar-refractivity contribution in [3.8, 4) is 44.5 Å². The number of ketones is 1. The van der Waals surface area contributed by atoms with Crippen LogP contribution in [0.1, 0.15) is 57.5 Å². The lowest BCUT2D eigenvalue weighted by atomic mass is 9.90. The van der Waals surface area contributed by atoms with Gasteiger partial charge in [0.25, 0.3) is 0 Å². The second-order valence-electron chi connectivity index (χ2n) is 14.6. The molecule has 1 saturated heterocycles. The van der Waals surface area contributed by atoms with Crippen LogP contribution in [0.15, 0.2) is 164 Å². The Morgan fingerprint density at radius 1 is 0.396 bits per heavy atom. The van der Waals surface area contributed by atoms with Gasteiger partial charge in [0.15, 0.2) is 0 Å². The third kappa shape index (κ3) is 6.83. The van der Waals surface area contributed by atoms with Crippen LogP contribution in [0.5, 0.6) is 0 Å². The summed E-state index contributed by atoms with van der Waals surface area (Å²) in [6.45, 7) is 8.98. The fraction of sp³-hybridized carbons (Fsp3) is 0.157. The first-order valence-corrected chi connectivity index (χ1v) is 20.2. The largest absolute Gasteiger partial charge is 0.300 e. The molecule has 1 aliphatic rings. The summed E-state index contributed by atoms with van der Waals surface area (Å²) in [7, 11) is -0.960. The van der Waals surface area contributed by atoms with E-state index in [4.69, 9.17) is 0 Å². The van der Waals surface area contributed by atoms with Crippen LogP contribution in [0.4, 0.5) is 0 Å². The molecule has 260 valence electrons. The number of rotatable bonds is 7. The van der Waals surface area contributed by atoms with Crippen LogP contribution in [-0.4, -0.2) is 5.78 Å². The molecule has 7 aromatic carbocycles. The van der Waals surface area contributed by atoms with Gasteiger partial charge in [-0.05, 0) is 111 Å². The Labute approximate surface area is 316 Å². The Kier molecular flexibility index (Phi) is 9.78. The molecule has 2 unspecified atom stereocenters. The third-order valence-corrected chi connectivity index (χ3v) is 14.4. The molecule has 8 rings (SSSR count). The summed E-state index contributed by atoms with van der Waals surface area (Å²) in [5, 5.41) is 1.42. The molecule has 0 aliphatic carbocycles. The highest BCUT2D eigenvalue weighted by molar-refractivity contribution is 7.67. The summed E-state index contributed by atoms with van der Waals surface area (Å²) in [4.78, 5) is 14.1. The topological polar surface area (TPSA) is 17.1 Å². The maximum atomic E-state index is 14.1. The van der Waals surface area contributed by atoms with E-state index in [1.165, 1.54) is 83.2 Å². The van der Waals surface area contributed by atoms with Crippen LogP contribution >= 0.6 is 7.92 Å². The van der Waals surface area contributed by atoms with Gasteiger partial charge in [0.2, 0.25) is 0 Å². The quantitative estimate of drug-likeness (QED) is 0.151. The molecule has 0 spiro atoms. The van der Waals surface area contributed by atoms with Crippen molar-refractivity contribution in [2.24, 2.45) is 0 Å². The van der Waals surface area contributed by atoms with Crippen LogP contribution in [0.2, 0.25) is 0 Å². The van der Waals surface area contributed by atoms with E-state index >= 15 is 0 Å². The van der Waals surface area contributed by atoms with Gasteiger partial charge in [-0.2, -0.15) is 0 Å². The van der Waals surface area contributed by atoms with E-state index < -0.39 is 7.92 Å². The Hall–Kier alpha value is -5.36. The van der Waals surface area contributed by atoms with E-state index in [0.717, 1.165) is 0 Å². The van der Waals surface area contributed by atoms with Gasteiger partial charge < -0.3 is 0 Å². The zero-order chi connectivity index (χ0) is 36.5. The van der Waals surface area contributed by atoms with E-state index in [0.29, 0.717) is 18.6 Å². The van der Waals surface area contributed by atoms with Crippen molar-refractivity contribution in [2.45, 2.75) is 51.9 Å². The molecule has 2 atom stereocenters. The first-order chi connectivity index (χ1) is 25.9. The molecular weight excluding hydrogens is 660 g/mol. The minimum absolute atomic E-state index is 0.0587. The standard InChI is InChI=1S/C51H45OP/c1-34-14-11-15-35(2)49(34)45-22-13-23-46(50-36(3)16-12-17-37(50)4)51(45)53-47(42-28-24-40(25-29-42)38-18-7-5-8-19-38)32-44(52)33-48(53)43-30-26-41(27-31-43)39-20-9-6-10-21-39/h5-31,47-48H,32-33H2,1-4H3. The van der Waals surface area contributed by atoms with E-state index in [1.54, 1.807) is 0 Å². The Balaban J connectivity index is 1.39. The van der Waals surface area contributed by atoms with Crippen LogP contribution in [0.25, 0.3) is 44.5 Å². The summed E-state index contributed by atoms with van der Waals surface area (Å²) < 4.78 is 0. The summed E-state index contributed by atoms with van der Waals surface area (Å²) >= 11 is 0. The molecule has 2 heteroatoms. The monoisotopic (exact) mass is 704 g/mol. The van der Waals surface area contributed by atoms with Crippen LogP contribution in [-0.2, 0) is 4.79 Å². The molecule has 1 aliphatic heterocycles. The second kappa shape index (κ2) is 14.9. The molecule has 0 amide bonds. The van der Waals surface area contributed by atoms with Gasteiger partial charge >= 0.3 is 0 Å². The predicted octanol–water partition coefficient (Wildman–Crippen LogP) is 13.5. The van der Waals surface area contributed by atoms with E-state index in [-0.39, 0.29) is 11.3 Å². The number of hydrogen-bond donors (Lipinski definition) is 0. The molecular formula is C51H45OP. The van der Waals surface area contributed by atoms with Gasteiger partial charge in [-0.3, -0.25) is 4.79 Å². The first kappa shape index (κ1) is 34.7.